The molecule has 0 radical (unpaired) electrons. The molecule has 0 aliphatic carbocycles. The van der Waals surface area contributed by atoms with Gasteiger partial charge in [0.1, 0.15) is 11.9 Å². The number of aromatic nitrogens is 2. The summed E-state index contributed by atoms with van der Waals surface area (Å²) in [5, 5.41) is 9.25. The van der Waals surface area contributed by atoms with Gasteiger partial charge in [0.2, 0.25) is 5.91 Å². The lowest BCUT2D eigenvalue weighted by Crippen LogP contribution is -2.47. The summed E-state index contributed by atoms with van der Waals surface area (Å²) in [6.45, 7) is 0.878. The third-order valence-corrected chi connectivity index (χ3v) is 3.87. The summed E-state index contributed by atoms with van der Waals surface area (Å²) in [7, 11) is 2.84. The minimum atomic E-state index is -0.628. The molecule has 2 N–H and O–H groups in total. The second kappa shape index (κ2) is 5.44. The first-order valence-electron chi connectivity index (χ1n) is 6.62. The summed E-state index contributed by atoms with van der Waals surface area (Å²) in [5.74, 6) is -0.493. The zero-order chi connectivity index (χ0) is 15.7. The Morgan fingerprint density at radius 3 is 2.57 bits per heavy atom. The van der Waals surface area contributed by atoms with Crippen molar-refractivity contribution in [3.8, 4) is 6.07 Å². The van der Waals surface area contributed by atoms with Crippen LogP contribution in [0.5, 0.6) is 0 Å². The van der Waals surface area contributed by atoms with Crippen LogP contribution in [-0.2, 0) is 18.9 Å². The number of nitrogens with two attached hydrogens (primary N) is 1. The van der Waals surface area contributed by atoms with E-state index in [0.717, 1.165) is 4.57 Å². The van der Waals surface area contributed by atoms with E-state index < -0.39 is 17.2 Å². The fraction of sp³-hybridized carbons (Fsp3) is 0.538. The maximum absolute atomic E-state index is 12.1. The van der Waals surface area contributed by atoms with Crippen LogP contribution >= 0.6 is 0 Å². The predicted molar refractivity (Wildman–Crippen MR) is 75.8 cm³/mol. The summed E-state index contributed by atoms with van der Waals surface area (Å²) in [4.78, 5) is 37.2. The van der Waals surface area contributed by atoms with Crippen LogP contribution in [0.2, 0.25) is 0 Å². The molecule has 0 aromatic carbocycles. The van der Waals surface area contributed by atoms with E-state index in [1.165, 1.54) is 18.7 Å². The van der Waals surface area contributed by atoms with Crippen molar-refractivity contribution in [1.82, 2.24) is 9.13 Å². The van der Waals surface area contributed by atoms with E-state index in [4.69, 9.17) is 5.73 Å². The van der Waals surface area contributed by atoms with E-state index in [0.29, 0.717) is 25.9 Å². The average molecular weight is 291 g/mol. The molecule has 1 aromatic heterocycles. The number of piperidine rings is 1. The van der Waals surface area contributed by atoms with Gasteiger partial charge in [-0.3, -0.25) is 18.7 Å². The molecule has 0 spiro atoms. The van der Waals surface area contributed by atoms with Crippen molar-refractivity contribution >= 4 is 11.7 Å². The number of anilines is 1. The zero-order valence-corrected chi connectivity index (χ0v) is 12.0. The summed E-state index contributed by atoms with van der Waals surface area (Å²) < 4.78 is 2.17. The molecule has 1 aliphatic rings. The van der Waals surface area contributed by atoms with Crippen molar-refractivity contribution in [2.75, 3.05) is 18.0 Å². The van der Waals surface area contributed by atoms with Crippen LogP contribution in [0.1, 0.15) is 18.4 Å². The fourth-order valence-corrected chi connectivity index (χ4v) is 2.70. The van der Waals surface area contributed by atoms with E-state index in [2.05, 4.69) is 0 Å². The van der Waals surface area contributed by atoms with E-state index in [9.17, 15) is 19.6 Å². The van der Waals surface area contributed by atoms with E-state index in [-0.39, 0.29) is 17.3 Å². The molecular formula is C13H17N5O3. The van der Waals surface area contributed by atoms with Crippen LogP contribution in [0.4, 0.5) is 5.82 Å². The predicted octanol–water partition coefficient (Wildman–Crippen LogP) is -1.34. The summed E-state index contributed by atoms with van der Waals surface area (Å²) in [6, 6.07) is 1.86. The number of nitriles is 1. The molecule has 8 heteroatoms. The van der Waals surface area contributed by atoms with Crippen molar-refractivity contribution in [3.05, 3.63) is 26.4 Å². The van der Waals surface area contributed by atoms with E-state index in [1.54, 1.807) is 4.90 Å². The molecule has 1 aliphatic heterocycles. The molecule has 1 unspecified atom stereocenters. The van der Waals surface area contributed by atoms with Crippen LogP contribution in [0.3, 0.4) is 0 Å². The lowest BCUT2D eigenvalue weighted by Gasteiger charge is -2.34. The first-order chi connectivity index (χ1) is 9.88. The molecule has 1 saturated heterocycles. The third-order valence-electron chi connectivity index (χ3n) is 3.87. The number of carbonyl (C=O) groups is 1. The third kappa shape index (κ3) is 2.42. The minimum Gasteiger partial charge on any atom is -0.369 e. The molecule has 1 amide bonds. The SMILES string of the molecule is Cn1c(N2CCCC(C(N)=O)C2)c(C#N)c(=O)n(C)c1=O. The molecule has 1 atom stereocenters. The molecule has 21 heavy (non-hydrogen) atoms. The first-order valence-corrected chi connectivity index (χ1v) is 6.62. The van der Waals surface area contributed by atoms with Gasteiger partial charge in [-0.15, -0.1) is 0 Å². The second-order valence-corrected chi connectivity index (χ2v) is 5.20. The van der Waals surface area contributed by atoms with Crippen LogP contribution in [0, 0.1) is 17.2 Å². The zero-order valence-electron chi connectivity index (χ0n) is 12.0. The summed E-state index contributed by atoms with van der Waals surface area (Å²) in [6.07, 6.45) is 1.38. The molecule has 1 aromatic rings. The minimum absolute atomic E-state index is 0.0929. The van der Waals surface area contributed by atoms with Gasteiger partial charge in [-0.25, -0.2) is 4.79 Å². The largest absolute Gasteiger partial charge is 0.369 e. The van der Waals surface area contributed by atoms with Gasteiger partial charge in [0.25, 0.3) is 5.56 Å². The molecular weight excluding hydrogens is 274 g/mol. The maximum Gasteiger partial charge on any atom is 0.332 e. The lowest BCUT2D eigenvalue weighted by atomic mass is 9.97. The monoisotopic (exact) mass is 291 g/mol. The standard InChI is InChI=1S/C13H17N5O3/c1-16-11(9(6-14)12(20)17(2)13(16)21)18-5-3-4-8(7-18)10(15)19/h8H,3-5,7H2,1-2H3,(H2,15,19). The maximum atomic E-state index is 12.1. The van der Waals surface area contributed by atoms with Crippen molar-refractivity contribution in [1.29, 1.82) is 5.26 Å². The Kier molecular flexibility index (Phi) is 3.84. The fourth-order valence-electron chi connectivity index (χ4n) is 2.70. The topological polar surface area (TPSA) is 114 Å². The normalized spacial score (nSPS) is 18.3. The average Bonchev–Trinajstić information content (AvgIpc) is 2.48. The van der Waals surface area contributed by atoms with Gasteiger partial charge >= 0.3 is 5.69 Å². The molecule has 2 rings (SSSR count). The second-order valence-electron chi connectivity index (χ2n) is 5.20. The Balaban J connectivity index is 2.59. The smallest absolute Gasteiger partial charge is 0.332 e. The molecule has 0 saturated carbocycles. The van der Waals surface area contributed by atoms with Crippen LogP contribution in [-0.4, -0.2) is 28.1 Å². The molecule has 112 valence electrons. The van der Waals surface area contributed by atoms with Gasteiger partial charge in [-0.2, -0.15) is 5.26 Å². The van der Waals surface area contributed by atoms with Gasteiger partial charge in [-0.05, 0) is 12.8 Å². The quantitative estimate of drug-likeness (QED) is 0.724. The van der Waals surface area contributed by atoms with Crippen LogP contribution in [0.15, 0.2) is 9.59 Å². The number of hydrogen-bond acceptors (Lipinski definition) is 5. The number of carbonyl (C=O) groups excluding carboxylic acids is 1. The van der Waals surface area contributed by atoms with E-state index >= 15 is 0 Å². The van der Waals surface area contributed by atoms with Crippen molar-refractivity contribution in [3.63, 3.8) is 0 Å². The summed E-state index contributed by atoms with van der Waals surface area (Å²) in [5.41, 5.74) is 4.11. The number of rotatable bonds is 2. The highest BCUT2D eigenvalue weighted by Crippen LogP contribution is 2.23. The van der Waals surface area contributed by atoms with Gasteiger partial charge in [0, 0.05) is 27.2 Å². The Bertz CT molecular complexity index is 740. The highest BCUT2D eigenvalue weighted by molar-refractivity contribution is 5.77. The van der Waals surface area contributed by atoms with E-state index in [1.807, 2.05) is 6.07 Å². The number of primary amides is 1. The molecule has 2 heterocycles. The molecule has 0 bridgehead atoms. The first kappa shape index (κ1) is 14.8. The number of amides is 1. The lowest BCUT2D eigenvalue weighted by molar-refractivity contribution is -0.122. The van der Waals surface area contributed by atoms with Gasteiger partial charge in [-0.1, -0.05) is 0 Å². The summed E-state index contributed by atoms with van der Waals surface area (Å²) >= 11 is 0. The van der Waals surface area contributed by atoms with Crippen molar-refractivity contribution in [2.45, 2.75) is 12.8 Å². The van der Waals surface area contributed by atoms with Crippen molar-refractivity contribution < 1.29 is 4.79 Å². The molecule has 1 fully saturated rings. The highest BCUT2D eigenvalue weighted by atomic mass is 16.2. The Morgan fingerprint density at radius 1 is 1.33 bits per heavy atom. The Labute approximate surface area is 121 Å². The molecule has 8 nitrogen and oxygen atoms in total. The Morgan fingerprint density at radius 2 is 2.00 bits per heavy atom. The number of hydrogen-bond donors (Lipinski definition) is 1. The van der Waals surface area contributed by atoms with Crippen LogP contribution < -0.4 is 21.9 Å². The highest BCUT2D eigenvalue weighted by Gasteiger charge is 2.28. The van der Waals surface area contributed by atoms with Crippen molar-refractivity contribution in [2.24, 2.45) is 25.7 Å². The van der Waals surface area contributed by atoms with Gasteiger partial charge in [0.05, 0.1) is 5.92 Å². The van der Waals surface area contributed by atoms with Gasteiger partial charge in [0.15, 0.2) is 5.56 Å². The number of nitrogens with zero attached hydrogens (tertiary/aromatic N) is 4. The van der Waals surface area contributed by atoms with Crippen LogP contribution in [0.25, 0.3) is 0 Å². The Hall–Kier alpha value is -2.56. The van der Waals surface area contributed by atoms with Gasteiger partial charge < -0.3 is 10.6 Å².